The molecule has 0 saturated carbocycles. The van der Waals surface area contributed by atoms with Gasteiger partial charge in [0.25, 0.3) is 0 Å². The Kier molecular flexibility index (Phi) is 6.65. The van der Waals surface area contributed by atoms with Crippen molar-refractivity contribution in [3.05, 3.63) is 45.7 Å². The molecule has 0 aliphatic carbocycles. The molecule has 1 aromatic carbocycles. The highest BCUT2D eigenvalue weighted by Crippen LogP contribution is 2.37. The van der Waals surface area contributed by atoms with Crippen LogP contribution >= 0.6 is 11.6 Å². The standard InChI is InChI=1S/C18H19ClN4O6/c1-2-27-18(24)29-14-7-9-22(10-8-14)16-15(23(25)26)17(21-11-20-16)28-13-5-3-12(19)4-6-13/h3-6,11,14H,2,7-10H2,1H3. The average Bonchev–Trinajstić information content (AvgIpc) is 2.70. The van der Waals surface area contributed by atoms with E-state index in [0.29, 0.717) is 36.7 Å². The van der Waals surface area contributed by atoms with Gasteiger partial charge in [0.2, 0.25) is 5.82 Å². The molecular formula is C18H19ClN4O6. The minimum atomic E-state index is -0.711. The third kappa shape index (κ3) is 5.23. The number of nitrogens with zero attached hydrogens (tertiary/aromatic N) is 4. The molecule has 2 heterocycles. The van der Waals surface area contributed by atoms with Crippen LogP contribution in [0.25, 0.3) is 0 Å². The maximum absolute atomic E-state index is 11.7. The highest BCUT2D eigenvalue weighted by molar-refractivity contribution is 6.30. The van der Waals surface area contributed by atoms with Crippen LogP contribution in [0, 0.1) is 10.1 Å². The van der Waals surface area contributed by atoms with Crippen LogP contribution in [0.2, 0.25) is 5.02 Å². The highest BCUT2D eigenvalue weighted by Gasteiger charge is 2.32. The van der Waals surface area contributed by atoms with Crippen molar-refractivity contribution in [3.8, 4) is 11.6 Å². The Morgan fingerprint density at radius 2 is 1.97 bits per heavy atom. The second-order valence-electron chi connectivity index (χ2n) is 6.15. The van der Waals surface area contributed by atoms with Crippen molar-refractivity contribution >= 4 is 29.3 Å². The zero-order chi connectivity index (χ0) is 20.8. The van der Waals surface area contributed by atoms with Gasteiger partial charge in [-0.15, -0.1) is 0 Å². The van der Waals surface area contributed by atoms with Crippen LogP contribution in [0.5, 0.6) is 11.6 Å². The Morgan fingerprint density at radius 3 is 2.59 bits per heavy atom. The van der Waals surface area contributed by atoms with Crippen LogP contribution in [0.15, 0.2) is 30.6 Å². The summed E-state index contributed by atoms with van der Waals surface area (Å²) in [6.07, 6.45) is 1.18. The number of hydrogen-bond donors (Lipinski definition) is 0. The molecule has 0 amide bonds. The van der Waals surface area contributed by atoms with E-state index in [4.69, 9.17) is 25.8 Å². The van der Waals surface area contributed by atoms with E-state index < -0.39 is 11.1 Å². The van der Waals surface area contributed by atoms with Crippen LogP contribution in [-0.4, -0.2) is 46.8 Å². The van der Waals surface area contributed by atoms with Gasteiger partial charge in [-0.3, -0.25) is 10.1 Å². The summed E-state index contributed by atoms with van der Waals surface area (Å²) in [5.41, 5.74) is -0.327. The largest absolute Gasteiger partial charge is 0.508 e. The lowest BCUT2D eigenvalue weighted by molar-refractivity contribution is -0.385. The number of hydrogen-bond acceptors (Lipinski definition) is 9. The van der Waals surface area contributed by atoms with E-state index >= 15 is 0 Å². The van der Waals surface area contributed by atoms with Crippen molar-refractivity contribution in [2.45, 2.75) is 25.9 Å². The number of carbonyl (C=O) groups excluding carboxylic acids is 1. The first-order chi connectivity index (χ1) is 14.0. The van der Waals surface area contributed by atoms with E-state index in [0.717, 1.165) is 0 Å². The van der Waals surface area contributed by atoms with Gasteiger partial charge < -0.3 is 19.1 Å². The van der Waals surface area contributed by atoms with Crippen LogP contribution in [0.1, 0.15) is 19.8 Å². The predicted molar refractivity (Wildman–Crippen MR) is 104 cm³/mol. The Labute approximate surface area is 171 Å². The molecule has 0 atom stereocenters. The molecule has 0 bridgehead atoms. The summed E-state index contributed by atoms with van der Waals surface area (Å²) in [5.74, 6) is 0.361. The lowest BCUT2D eigenvalue weighted by Gasteiger charge is -2.31. The molecule has 1 aromatic heterocycles. The van der Waals surface area contributed by atoms with E-state index in [9.17, 15) is 14.9 Å². The second kappa shape index (κ2) is 9.37. The van der Waals surface area contributed by atoms with Gasteiger partial charge in [0, 0.05) is 31.0 Å². The number of rotatable bonds is 6. The van der Waals surface area contributed by atoms with Crippen molar-refractivity contribution in [1.82, 2.24) is 9.97 Å². The molecule has 1 saturated heterocycles. The van der Waals surface area contributed by atoms with Crippen molar-refractivity contribution < 1.29 is 23.9 Å². The molecule has 0 radical (unpaired) electrons. The van der Waals surface area contributed by atoms with E-state index in [2.05, 4.69) is 9.97 Å². The van der Waals surface area contributed by atoms with Gasteiger partial charge in [0.1, 0.15) is 18.2 Å². The maximum Gasteiger partial charge on any atom is 0.508 e. The molecule has 1 aliphatic heterocycles. The van der Waals surface area contributed by atoms with Gasteiger partial charge in [-0.1, -0.05) is 11.6 Å². The van der Waals surface area contributed by atoms with Crippen molar-refractivity contribution in [3.63, 3.8) is 0 Å². The topological polar surface area (TPSA) is 117 Å². The fourth-order valence-electron chi connectivity index (χ4n) is 2.91. The molecular weight excluding hydrogens is 404 g/mol. The molecule has 1 fully saturated rings. The van der Waals surface area contributed by atoms with E-state index in [1.807, 2.05) is 0 Å². The quantitative estimate of drug-likeness (QED) is 0.387. The number of carbonyl (C=O) groups is 1. The number of halogens is 1. The van der Waals surface area contributed by atoms with Crippen LogP contribution in [0.3, 0.4) is 0 Å². The molecule has 0 unspecified atom stereocenters. The first kappa shape index (κ1) is 20.6. The number of piperidine rings is 1. The van der Waals surface area contributed by atoms with E-state index in [-0.39, 0.29) is 30.1 Å². The molecule has 11 heteroatoms. The first-order valence-corrected chi connectivity index (χ1v) is 9.37. The Hall–Kier alpha value is -3.14. The molecule has 29 heavy (non-hydrogen) atoms. The summed E-state index contributed by atoms with van der Waals surface area (Å²) >= 11 is 5.85. The second-order valence-corrected chi connectivity index (χ2v) is 6.59. The van der Waals surface area contributed by atoms with Crippen LogP contribution < -0.4 is 9.64 Å². The lowest BCUT2D eigenvalue weighted by atomic mass is 10.1. The van der Waals surface area contributed by atoms with Gasteiger partial charge in [-0.2, -0.15) is 4.98 Å². The molecule has 2 aromatic rings. The molecule has 10 nitrogen and oxygen atoms in total. The van der Waals surface area contributed by atoms with Gasteiger partial charge in [0.15, 0.2) is 0 Å². The summed E-state index contributed by atoms with van der Waals surface area (Å²) in [6, 6.07) is 6.40. The summed E-state index contributed by atoms with van der Waals surface area (Å²) in [4.78, 5) is 32.4. The third-order valence-electron chi connectivity index (χ3n) is 4.25. The summed E-state index contributed by atoms with van der Waals surface area (Å²) in [7, 11) is 0. The van der Waals surface area contributed by atoms with Gasteiger partial charge in [-0.05, 0) is 31.2 Å². The minimum Gasteiger partial charge on any atom is -0.435 e. The van der Waals surface area contributed by atoms with Gasteiger partial charge in [-0.25, -0.2) is 9.78 Å². The summed E-state index contributed by atoms with van der Waals surface area (Å²) in [6.45, 7) is 2.77. The maximum atomic E-state index is 11.7. The molecule has 0 N–H and O–H groups in total. The number of anilines is 1. The molecule has 0 spiro atoms. The predicted octanol–water partition coefficient (Wildman–Crippen LogP) is 3.97. The van der Waals surface area contributed by atoms with E-state index in [1.54, 1.807) is 36.1 Å². The molecule has 154 valence electrons. The molecule has 1 aliphatic rings. The van der Waals surface area contributed by atoms with Crippen molar-refractivity contribution in [1.29, 1.82) is 0 Å². The zero-order valence-corrected chi connectivity index (χ0v) is 16.4. The minimum absolute atomic E-state index is 0.156. The Morgan fingerprint density at radius 1 is 1.28 bits per heavy atom. The number of benzene rings is 1. The Balaban J connectivity index is 1.75. The van der Waals surface area contributed by atoms with Gasteiger partial charge in [0.05, 0.1) is 11.5 Å². The number of nitro groups is 1. The zero-order valence-electron chi connectivity index (χ0n) is 15.6. The monoisotopic (exact) mass is 422 g/mol. The van der Waals surface area contributed by atoms with Crippen molar-refractivity contribution in [2.24, 2.45) is 0 Å². The SMILES string of the molecule is CCOC(=O)OC1CCN(c2ncnc(Oc3ccc(Cl)cc3)c2[N+](=O)[O-])CC1. The summed E-state index contributed by atoms with van der Waals surface area (Å²) < 4.78 is 15.6. The van der Waals surface area contributed by atoms with E-state index in [1.165, 1.54) is 6.33 Å². The average molecular weight is 423 g/mol. The number of aromatic nitrogens is 2. The van der Waals surface area contributed by atoms with Crippen molar-refractivity contribution in [2.75, 3.05) is 24.6 Å². The Bertz CT molecular complexity index is 871. The van der Waals surface area contributed by atoms with Crippen LogP contribution in [0.4, 0.5) is 16.3 Å². The summed E-state index contributed by atoms with van der Waals surface area (Å²) in [5, 5.41) is 12.2. The fraction of sp³-hybridized carbons (Fsp3) is 0.389. The lowest BCUT2D eigenvalue weighted by Crippen LogP contribution is -2.38. The molecule has 3 rings (SSSR count). The first-order valence-electron chi connectivity index (χ1n) is 8.99. The smallest absolute Gasteiger partial charge is 0.435 e. The highest BCUT2D eigenvalue weighted by atomic mass is 35.5. The normalized spacial score (nSPS) is 14.3. The van der Waals surface area contributed by atoms with Gasteiger partial charge >= 0.3 is 17.7 Å². The van der Waals surface area contributed by atoms with Crippen LogP contribution in [-0.2, 0) is 9.47 Å². The fourth-order valence-corrected chi connectivity index (χ4v) is 3.03. The third-order valence-corrected chi connectivity index (χ3v) is 4.50. The number of ether oxygens (including phenoxy) is 3.